The summed E-state index contributed by atoms with van der Waals surface area (Å²) in [6, 6.07) is 15.4. The number of nitrogens with one attached hydrogen (secondary N) is 3. The molecule has 0 aliphatic carbocycles. The van der Waals surface area contributed by atoms with Crippen molar-refractivity contribution in [2.45, 2.75) is 26.8 Å². The van der Waals surface area contributed by atoms with E-state index >= 15 is 0 Å². The lowest BCUT2D eigenvalue weighted by molar-refractivity contribution is -0.121. The highest BCUT2D eigenvalue weighted by atomic mass is 127. The third-order valence-corrected chi connectivity index (χ3v) is 4.01. The molecule has 3 N–H and O–H groups in total. The molecule has 0 saturated carbocycles. The molecule has 1 amide bonds. The van der Waals surface area contributed by atoms with Gasteiger partial charge in [-0.15, -0.1) is 24.0 Å². The van der Waals surface area contributed by atoms with Crippen LogP contribution in [0.15, 0.2) is 53.5 Å². The van der Waals surface area contributed by atoms with Crippen LogP contribution < -0.4 is 25.4 Å². The van der Waals surface area contributed by atoms with Crippen LogP contribution in [0.5, 0.6) is 11.5 Å². The standard InChI is InChI=1S/C22H30N4O3.HI/c1-4-23-22(26-18-11-12-19(28-3)20(15-18)29-5-2)24-14-13-21(27)25-16-17-9-7-6-8-10-17;/h6-12,15H,4-5,13-14,16H2,1-3H3,(H,25,27)(H2,23,24,26);1H. The highest BCUT2D eigenvalue weighted by Gasteiger charge is 2.07. The van der Waals surface area contributed by atoms with E-state index in [1.165, 1.54) is 0 Å². The second-order valence-electron chi connectivity index (χ2n) is 6.20. The average molecular weight is 526 g/mol. The molecule has 0 bridgehead atoms. The molecule has 0 heterocycles. The van der Waals surface area contributed by atoms with Gasteiger partial charge in [-0.1, -0.05) is 30.3 Å². The predicted molar refractivity (Wildman–Crippen MR) is 132 cm³/mol. The van der Waals surface area contributed by atoms with Gasteiger partial charge < -0.3 is 25.4 Å². The highest BCUT2D eigenvalue weighted by molar-refractivity contribution is 14.0. The Kier molecular flexibility index (Phi) is 12.3. The summed E-state index contributed by atoms with van der Waals surface area (Å²) in [6.07, 6.45) is 0.316. The number of carbonyl (C=O) groups is 1. The monoisotopic (exact) mass is 526 g/mol. The van der Waals surface area contributed by atoms with Crippen LogP contribution in [-0.4, -0.2) is 38.7 Å². The number of ether oxygens (including phenoxy) is 2. The van der Waals surface area contributed by atoms with Gasteiger partial charge >= 0.3 is 0 Å². The largest absolute Gasteiger partial charge is 0.493 e. The fourth-order valence-corrected chi connectivity index (χ4v) is 2.62. The fourth-order valence-electron chi connectivity index (χ4n) is 2.62. The van der Waals surface area contributed by atoms with Crippen LogP contribution in [-0.2, 0) is 11.3 Å². The molecule has 0 atom stereocenters. The second kappa shape index (κ2) is 14.5. The summed E-state index contributed by atoms with van der Waals surface area (Å²) in [5, 5.41) is 9.32. The summed E-state index contributed by atoms with van der Waals surface area (Å²) in [5.74, 6) is 1.91. The molecule has 2 aromatic rings. The quantitative estimate of drug-likeness (QED) is 0.249. The van der Waals surface area contributed by atoms with Gasteiger partial charge in [-0.2, -0.15) is 0 Å². The fraction of sp³-hybridized carbons (Fsp3) is 0.364. The Bertz CT molecular complexity index is 800. The van der Waals surface area contributed by atoms with Gasteiger partial charge in [-0.3, -0.25) is 9.79 Å². The zero-order chi connectivity index (χ0) is 20.9. The Labute approximate surface area is 195 Å². The summed E-state index contributed by atoms with van der Waals surface area (Å²) in [6.45, 7) is 6.07. The van der Waals surface area contributed by atoms with Gasteiger partial charge in [0, 0.05) is 31.3 Å². The van der Waals surface area contributed by atoms with E-state index in [0.717, 1.165) is 11.3 Å². The van der Waals surface area contributed by atoms with Gasteiger partial charge in [0.2, 0.25) is 5.91 Å². The number of amides is 1. The molecule has 30 heavy (non-hydrogen) atoms. The van der Waals surface area contributed by atoms with Crippen LogP contribution in [0.25, 0.3) is 0 Å². The Morgan fingerprint density at radius 2 is 1.80 bits per heavy atom. The van der Waals surface area contributed by atoms with Gasteiger partial charge in [-0.25, -0.2) is 0 Å². The predicted octanol–water partition coefficient (Wildman–Crippen LogP) is 3.80. The maximum atomic E-state index is 12.0. The number of hydrogen-bond acceptors (Lipinski definition) is 4. The lowest BCUT2D eigenvalue weighted by Gasteiger charge is -2.14. The number of rotatable bonds is 10. The molecule has 2 aromatic carbocycles. The van der Waals surface area contributed by atoms with Gasteiger partial charge in [0.25, 0.3) is 0 Å². The van der Waals surface area contributed by atoms with Gasteiger partial charge in [0.05, 0.1) is 20.3 Å². The Hall–Kier alpha value is -2.49. The number of nitrogens with zero attached hydrogens (tertiary/aromatic N) is 1. The summed E-state index contributed by atoms with van der Waals surface area (Å²) < 4.78 is 10.9. The lowest BCUT2D eigenvalue weighted by Crippen LogP contribution is -2.31. The molecular formula is C22H31IN4O3. The minimum absolute atomic E-state index is 0. The second-order valence-corrected chi connectivity index (χ2v) is 6.20. The molecule has 0 radical (unpaired) electrons. The number of aliphatic imine (C=N–C) groups is 1. The number of anilines is 1. The number of hydrogen-bond donors (Lipinski definition) is 3. The van der Waals surface area contributed by atoms with E-state index in [9.17, 15) is 4.79 Å². The van der Waals surface area contributed by atoms with E-state index in [4.69, 9.17) is 9.47 Å². The number of methoxy groups -OCH3 is 1. The minimum Gasteiger partial charge on any atom is -0.493 e. The molecule has 8 heteroatoms. The van der Waals surface area contributed by atoms with Crippen LogP contribution in [0.2, 0.25) is 0 Å². The number of halogens is 1. The van der Waals surface area contributed by atoms with Crippen molar-refractivity contribution in [1.29, 1.82) is 0 Å². The number of guanidine groups is 1. The molecule has 2 rings (SSSR count). The lowest BCUT2D eigenvalue weighted by atomic mass is 10.2. The summed E-state index contributed by atoms with van der Waals surface area (Å²) in [5.41, 5.74) is 1.89. The smallest absolute Gasteiger partial charge is 0.222 e. The molecule has 7 nitrogen and oxygen atoms in total. The van der Waals surface area contributed by atoms with Crippen molar-refractivity contribution < 1.29 is 14.3 Å². The maximum absolute atomic E-state index is 12.0. The Morgan fingerprint density at radius 1 is 1.03 bits per heavy atom. The normalized spacial score (nSPS) is 10.6. The van der Waals surface area contributed by atoms with Gasteiger partial charge in [0.1, 0.15) is 0 Å². The number of benzene rings is 2. The molecule has 0 aromatic heterocycles. The van der Waals surface area contributed by atoms with Crippen molar-refractivity contribution in [1.82, 2.24) is 10.6 Å². The highest BCUT2D eigenvalue weighted by Crippen LogP contribution is 2.30. The summed E-state index contributed by atoms with van der Waals surface area (Å²) >= 11 is 0. The van der Waals surface area contributed by atoms with Gasteiger partial charge in [-0.05, 0) is 31.5 Å². The number of carbonyl (C=O) groups excluding carboxylic acids is 1. The van der Waals surface area contributed by atoms with E-state index in [1.807, 2.05) is 62.4 Å². The first-order valence-electron chi connectivity index (χ1n) is 9.83. The van der Waals surface area contributed by atoms with Crippen LogP contribution in [0.3, 0.4) is 0 Å². The molecular weight excluding hydrogens is 495 g/mol. The van der Waals surface area contributed by atoms with Crippen molar-refractivity contribution in [3.05, 3.63) is 54.1 Å². The van der Waals surface area contributed by atoms with E-state index in [1.54, 1.807) is 7.11 Å². The van der Waals surface area contributed by atoms with Crippen molar-refractivity contribution in [3.8, 4) is 11.5 Å². The first kappa shape index (κ1) is 25.5. The first-order chi connectivity index (χ1) is 14.2. The summed E-state index contributed by atoms with van der Waals surface area (Å²) in [4.78, 5) is 16.5. The molecule has 0 aliphatic heterocycles. The SMILES string of the molecule is CCNC(=NCCC(=O)NCc1ccccc1)Nc1ccc(OC)c(OCC)c1.I. The van der Waals surface area contributed by atoms with E-state index < -0.39 is 0 Å². The zero-order valence-electron chi connectivity index (χ0n) is 17.7. The third kappa shape index (κ3) is 8.89. The molecule has 0 aliphatic rings. The van der Waals surface area contributed by atoms with E-state index in [0.29, 0.717) is 50.1 Å². The van der Waals surface area contributed by atoms with Crippen LogP contribution in [0, 0.1) is 0 Å². The zero-order valence-corrected chi connectivity index (χ0v) is 20.1. The molecule has 0 saturated heterocycles. The van der Waals surface area contributed by atoms with Crippen LogP contribution in [0.1, 0.15) is 25.8 Å². The Morgan fingerprint density at radius 3 is 2.47 bits per heavy atom. The summed E-state index contributed by atoms with van der Waals surface area (Å²) in [7, 11) is 1.61. The first-order valence-corrected chi connectivity index (χ1v) is 9.83. The van der Waals surface area contributed by atoms with Crippen LogP contribution in [0.4, 0.5) is 5.69 Å². The molecule has 0 fully saturated rings. The van der Waals surface area contributed by atoms with E-state index in [-0.39, 0.29) is 29.9 Å². The molecule has 0 spiro atoms. The third-order valence-electron chi connectivity index (χ3n) is 4.01. The minimum atomic E-state index is -0.0310. The topological polar surface area (TPSA) is 84.0 Å². The molecule has 0 unspecified atom stereocenters. The van der Waals surface area contributed by atoms with Crippen molar-refractivity contribution in [2.75, 3.05) is 32.1 Å². The van der Waals surface area contributed by atoms with Crippen molar-refractivity contribution >= 4 is 41.5 Å². The van der Waals surface area contributed by atoms with Crippen molar-refractivity contribution in [3.63, 3.8) is 0 Å². The molecule has 164 valence electrons. The van der Waals surface area contributed by atoms with Gasteiger partial charge in [0.15, 0.2) is 17.5 Å². The van der Waals surface area contributed by atoms with Crippen LogP contribution >= 0.6 is 24.0 Å². The average Bonchev–Trinajstić information content (AvgIpc) is 2.73. The van der Waals surface area contributed by atoms with E-state index in [2.05, 4.69) is 20.9 Å². The maximum Gasteiger partial charge on any atom is 0.222 e. The Balaban J connectivity index is 0.00000450. The van der Waals surface area contributed by atoms with Crippen molar-refractivity contribution in [2.24, 2.45) is 4.99 Å².